The van der Waals surface area contributed by atoms with Crippen molar-refractivity contribution in [3.63, 3.8) is 0 Å². The fourth-order valence-corrected chi connectivity index (χ4v) is 9.92. The Labute approximate surface area is 277 Å². The lowest BCUT2D eigenvalue weighted by atomic mass is 9.43. The lowest BCUT2D eigenvalue weighted by molar-refractivity contribution is -0.178. The molecule has 47 heavy (non-hydrogen) atoms. The summed E-state index contributed by atoms with van der Waals surface area (Å²) in [7, 11) is 0. The van der Waals surface area contributed by atoms with Gasteiger partial charge in [-0.3, -0.25) is 14.4 Å². The largest absolute Gasteiger partial charge is 0.508 e. The summed E-state index contributed by atoms with van der Waals surface area (Å²) in [5, 5.41) is 47.8. The molecule has 7 nitrogen and oxygen atoms in total. The molecule has 4 aliphatic rings. The molecule has 2 fully saturated rings. The molecule has 0 aliphatic heterocycles. The minimum atomic E-state index is -2.62. The second kappa shape index (κ2) is 11.2. The molecule has 0 bridgehead atoms. The van der Waals surface area contributed by atoms with Crippen molar-refractivity contribution in [1.29, 1.82) is 0 Å². The molecule has 4 atom stereocenters. The van der Waals surface area contributed by atoms with Crippen LogP contribution >= 0.6 is 0 Å². The third kappa shape index (κ3) is 4.67. The third-order valence-corrected chi connectivity index (χ3v) is 11.9. The Hall–Kier alpha value is -3.71. The van der Waals surface area contributed by atoms with E-state index in [1.54, 1.807) is 20.8 Å². The van der Waals surface area contributed by atoms with E-state index in [1.807, 2.05) is 39.0 Å². The topological polar surface area (TPSA) is 132 Å². The van der Waals surface area contributed by atoms with E-state index < -0.39 is 56.8 Å². The maximum absolute atomic E-state index is 14.7. The van der Waals surface area contributed by atoms with Gasteiger partial charge in [-0.25, -0.2) is 0 Å². The number of ketones is 3. The number of Topliss-reactive ketones (excluding diaryl/α,β-unsaturated/α-hetero) is 3. The minimum absolute atomic E-state index is 0.0132. The summed E-state index contributed by atoms with van der Waals surface area (Å²) < 4.78 is 0. The van der Waals surface area contributed by atoms with Crippen molar-refractivity contribution in [2.75, 3.05) is 0 Å². The number of phenols is 1. The molecule has 1 unspecified atom stereocenters. The van der Waals surface area contributed by atoms with Gasteiger partial charge in [0.2, 0.25) is 5.78 Å². The Morgan fingerprint density at radius 3 is 2.15 bits per heavy atom. The molecule has 0 amide bonds. The number of allylic oxidation sites excluding steroid dienone is 1. The first-order chi connectivity index (χ1) is 22.0. The smallest absolute Gasteiger partial charge is 0.203 e. The number of phenolic OH excluding ortho intramolecular Hbond substituents is 1. The molecule has 0 saturated heterocycles. The van der Waals surface area contributed by atoms with Gasteiger partial charge in [0.1, 0.15) is 22.8 Å². The fourth-order valence-electron chi connectivity index (χ4n) is 9.92. The van der Waals surface area contributed by atoms with Gasteiger partial charge in [-0.2, -0.15) is 0 Å². The number of carbonyl (C=O) groups excluding carboxylic acids is 3. The number of carbonyl (C=O) groups is 3. The summed E-state index contributed by atoms with van der Waals surface area (Å²) in [5.74, 6) is -4.41. The molecule has 6 rings (SSSR count). The SMILES string of the molecule is CC(=O)C1=C(O)[C@]2(O)C(=O)C3=C(O)c4c(O)c(-c5ccc(CC6CCCC6)cc5)cc(C(C)C)c4C[C@]3(C)C[C@]2(C)C(C(C)C)C1=O. The van der Waals surface area contributed by atoms with Crippen LogP contribution < -0.4 is 0 Å². The number of aliphatic hydroxyl groups excluding tert-OH is 2. The summed E-state index contributed by atoms with van der Waals surface area (Å²) in [6.07, 6.45) is 6.44. The monoisotopic (exact) mass is 640 g/mol. The fraction of sp³-hybridized carbons (Fsp3) is 0.525. The van der Waals surface area contributed by atoms with E-state index in [-0.39, 0.29) is 41.6 Å². The second-order valence-electron chi connectivity index (χ2n) is 15.9. The van der Waals surface area contributed by atoms with Gasteiger partial charge in [0.15, 0.2) is 17.2 Å². The van der Waals surface area contributed by atoms with Crippen molar-refractivity contribution >= 4 is 23.1 Å². The predicted octanol–water partition coefficient (Wildman–Crippen LogP) is 7.71. The number of aliphatic hydroxyl groups is 3. The summed E-state index contributed by atoms with van der Waals surface area (Å²) in [6.45, 7) is 12.3. The zero-order valence-electron chi connectivity index (χ0n) is 28.7. The van der Waals surface area contributed by atoms with Crippen LogP contribution in [0.1, 0.15) is 109 Å². The Morgan fingerprint density at radius 1 is 0.979 bits per heavy atom. The Balaban J connectivity index is 1.54. The average Bonchev–Trinajstić information content (AvgIpc) is 3.48. The first kappa shape index (κ1) is 33.2. The van der Waals surface area contributed by atoms with Crippen molar-refractivity contribution in [3.8, 4) is 16.9 Å². The average molecular weight is 641 g/mol. The van der Waals surface area contributed by atoms with Gasteiger partial charge in [-0.1, -0.05) is 91.5 Å². The second-order valence-corrected chi connectivity index (χ2v) is 15.9. The third-order valence-electron chi connectivity index (χ3n) is 11.9. The lowest BCUT2D eigenvalue weighted by Gasteiger charge is -2.59. The van der Waals surface area contributed by atoms with Crippen LogP contribution in [-0.2, 0) is 27.2 Å². The molecule has 7 heteroatoms. The van der Waals surface area contributed by atoms with Crippen molar-refractivity contribution in [3.05, 3.63) is 69.5 Å². The van der Waals surface area contributed by atoms with Gasteiger partial charge in [-0.15, -0.1) is 0 Å². The van der Waals surface area contributed by atoms with Crippen molar-refractivity contribution in [2.24, 2.45) is 28.6 Å². The van der Waals surface area contributed by atoms with Crippen LogP contribution in [-0.4, -0.2) is 43.4 Å². The summed E-state index contributed by atoms with van der Waals surface area (Å²) in [5.41, 5.74) is -1.46. The molecule has 0 radical (unpaired) electrons. The van der Waals surface area contributed by atoms with Crippen molar-refractivity contribution in [2.45, 2.75) is 105 Å². The Kier molecular flexibility index (Phi) is 7.90. The Morgan fingerprint density at radius 2 is 1.60 bits per heavy atom. The number of fused-ring (bicyclic) bond motifs is 3. The number of benzene rings is 2. The highest BCUT2D eigenvalue weighted by Gasteiger charge is 2.72. The van der Waals surface area contributed by atoms with Crippen LogP contribution in [0.15, 0.2) is 47.2 Å². The normalized spacial score (nSPS) is 29.4. The van der Waals surface area contributed by atoms with Crippen LogP contribution in [0.2, 0.25) is 0 Å². The number of rotatable bonds is 6. The number of hydrogen-bond donors (Lipinski definition) is 4. The van der Waals surface area contributed by atoms with Crippen LogP contribution in [0.3, 0.4) is 0 Å². The van der Waals surface area contributed by atoms with Crippen LogP contribution in [0.4, 0.5) is 0 Å². The van der Waals surface area contributed by atoms with Gasteiger partial charge in [0.25, 0.3) is 0 Å². The van der Waals surface area contributed by atoms with Crippen LogP contribution in [0.25, 0.3) is 16.9 Å². The van der Waals surface area contributed by atoms with Crippen LogP contribution in [0.5, 0.6) is 5.75 Å². The predicted molar refractivity (Wildman–Crippen MR) is 181 cm³/mol. The van der Waals surface area contributed by atoms with Crippen LogP contribution in [0, 0.1) is 28.6 Å². The summed E-state index contributed by atoms with van der Waals surface area (Å²) >= 11 is 0. The van der Waals surface area contributed by atoms with Gasteiger partial charge in [0.05, 0.1) is 5.56 Å². The maximum Gasteiger partial charge on any atom is 0.203 e. The highest BCUT2D eigenvalue weighted by Crippen LogP contribution is 2.65. The maximum atomic E-state index is 14.7. The highest BCUT2D eigenvalue weighted by molar-refractivity contribution is 6.24. The highest BCUT2D eigenvalue weighted by atomic mass is 16.3. The quantitative estimate of drug-likeness (QED) is 0.238. The van der Waals surface area contributed by atoms with E-state index in [4.69, 9.17) is 0 Å². The first-order valence-corrected chi connectivity index (χ1v) is 17.2. The van der Waals surface area contributed by atoms with E-state index >= 15 is 0 Å². The van der Waals surface area contributed by atoms with Gasteiger partial charge in [0, 0.05) is 27.9 Å². The van der Waals surface area contributed by atoms with Gasteiger partial charge >= 0.3 is 0 Å². The molecule has 2 aromatic rings. The molecule has 4 aliphatic carbocycles. The Bertz CT molecular complexity index is 1750. The summed E-state index contributed by atoms with van der Waals surface area (Å²) in [4.78, 5) is 41.1. The zero-order chi connectivity index (χ0) is 34.4. The molecule has 0 spiro atoms. The van der Waals surface area contributed by atoms with E-state index in [9.17, 15) is 34.8 Å². The number of hydrogen-bond acceptors (Lipinski definition) is 7. The molecule has 250 valence electrons. The molecular weight excluding hydrogens is 592 g/mol. The molecule has 2 aromatic carbocycles. The van der Waals surface area contributed by atoms with Crippen molar-refractivity contribution in [1.82, 2.24) is 0 Å². The standard InChI is InChI=1S/C40H48O7/c1-20(2)26-17-27(25-14-12-24(13-15-25)16-23-10-8-9-11-23)33(42)30-28(26)18-38(6)19-39(7)31(21(3)4)34(43)29(22(5)41)36(45)40(39,47)37(46)32(38)35(30)44/h12-15,17,20-21,23,31,42,44-45,47H,8-11,16,18-19H2,1-7H3/t31?,38-,39-,40+/m1/s1. The molecule has 0 heterocycles. The van der Waals surface area contributed by atoms with Gasteiger partial charge in [-0.05, 0) is 72.3 Å². The molecule has 4 N–H and O–H groups in total. The van der Waals surface area contributed by atoms with Crippen molar-refractivity contribution < 1.29 is 34.8 Å². The summed E-state index contributed by atoms with van der Waals surface area (Å²) in [6, 6.07) is 10.1. The molecule has 0 aromatic heterocycles. The van der Waals surface area contributed by atoms with E-state index in [0.717, 1.165) is 30.0 Å². The first-order valence-electron chi connectivity index (χ1n) is 17.2. The van der Waals surface area contributed by atoms with E-state index in [2.05, 4.69) is 12.1 Å². The zero-order valence-corrected chi connectivity index (χ0v) is 28.7. The van der Waals surface area contributed by atoms with Gasteiger partial charge < -0.3 is 20.4 Å². The minimum Gasteiger partial charge on any atom is -0.508 e. The van der Waals surface area contributed by atoms with E-state index in [1.165, 1.54) is 31.2 Å². The number of aromatic hydroxyl groups is 1. The lowest BCUT2D eigenvalue weighted by Crippen LogP contribution is -2.69. The molecular formula is C40H48O7. The van der Waals surface area contributed by atoms with E-state index in [0.29, 0.717) is 11.5 Å². The molecule has 2 saturated carbocycles.